The van der Waals surface area contributed by atoms with Crippen LogP contribution in [-0.4, -0.2) is 30.4 Å². The normalized spacial score (nSPS) is 19.8. The minimum absolute atomic E-state index is 0.334. The Morgan fingerprint density at radius 2 is 2.21 bits per heavy atom. The van der Waals surface area contributed by atoms with Crippen molar-refractivity contribution in [2.24, 2.45) is 0 Å². The Morgan fingerprint density at radius 3 is 2.95 bits per heavy atom. The quantitative estimate of drug-likeness (QED) is 0.843. The topological polar surface area (TPSA) is 32.3 Å². The molecular weight excluding hydrogens is 236 g/mol. The molecule has 3 nitrogen and oxygen atoms in total. The van der Waals surface area contributed by atoms with Gasteiger partial charge in [0.15, 0.2) is 0 Å². The second-order valence-corrected chi connectivity index (χ2v) is 5.56. The second kappa shape index (κ2) is 6.71. The number of nitrogens with one attached hydrogen (secondary N) is 1. The van der Waals surface area contributed by atoms with Crippen molar-refractivity contribution in [3.05, 3.63) is 34.9 Å². The van der Waals surface area contributed by atoms with Crippen molar-refractivity contribution in [2.45, 2.75) is 45.7 Å². The van der Waals surface area contributed by atoms with E-state index in [4.69, 9.17) is 0 Å². The smallest absolute Gasteiger partial charge is 0.210 e. The van der Waals surface area contributed by atoms with Crippen LogP contribution in [0.15, 0.2) is 18.2 Å². The molecule has 1 aromatic carbocycles. The van der Waals surface area contributed by atoms with Gasteiger partial charge in [0.25, 0.3) is 0 Å². The molecule has 0 radical (unpaired) electrons. The number of rotatable bonds is 4. The maximum absolute atomic E-state index is 11.4. The highest BCUT2D eigenvalue weighted by molar-refractivity contribution is 5.48. The molecule has 1 saturated heterocycles. The minimum Gasteiger partial charge on any atom is -0.337 e. The predicted octanol–water partition coefficient (Wildman–Crippen LogP) is 2.40. The maximum atomic E-state index is 11.4. The molecule has 1 atom stereocenters. The first kappa shape index (κ1) is 14.1. The van der Waals surface area contributed by atoms with Crippen LogP contribution in [0.2, 0.25) is 0 Å². The Kier molecular flexibility index (Phi) is 4.97. The van der Waals surface area contributed by atoms with Gasteiger partial charge in [0.2, 0.25) is 6.41 Å². The Labute approximate surface area is 116 Å². The summed E-state index contributed by atoms with van der Waals surface area (Å²) in [4.78, 5) is 13.4. The summed E-state index contributed by atoms with van der Waals surface area (Å²) in [6.45, 7) is 6.94. The molecule has 1 amide bonds. The van der Waals surface area contributed by atoms with Gasteiger partial charge in [-0.15, -0.1) is 0 Å². The number of carbonyl (C=O) groups excluding carboxylic acids is 1. The fraction of sp³-hybridized carbons (Fsp3) is 0.562. The summed E-state index contributed by atoms with van der Waals surface area (Å²) in [5.74, 6) is 0. The monoisotopic (exact) mass is 260 g/mol. The van der Waals surface area contributed by atoms with E-state index in [-0.39, 0.29) is 0 Å². The van der Waals surface area contributed by atoms with Crippen LogP contribution in [-0.2, 0) is 11.3 Å². The first-order valence-electron chi connectivity index (χ1n) is 7.18. The van der Waals surface area contributed by atoms with E-state index in [1.54, 1.807) is 0 Å². The third kappa shape index (κ3) is 3.80. The van der Waals surface area contributed by atoms with E-state index in [9.17, 15) is 4.79 Å². The third-order valence-corrected chi connectivity index (χ3v) is 3.98. The molecule has 1 aliphatic heterocycles. The zero-order valence-corrected chi connectivity index (χ0v) is 12.0. The molecule has 3 heteroatoms. The number of nitrogens with zero attached hydrogens (tertiary/aromatic N) is 1. The number of carbonyl (C=O) groups is 1. The number of hydrogen-bond acceptors (Lipinski definition) is 2. The molecule has 104 valence electrons. The van der Waals surface area contributed by atoms with Crippen LogP contribution >= 0.6 is 0 Å². The van der Waals surface area contributed by atoms with E-state index >= 15 is 0 Å². The molecule has 1 aromatic rings. The van der Waals surface area contributed by atoms with Gasteiger partial charge in [-0.05, 0) is 44.4 Å². The largest absolute Gasteiger partial charge is 0.337 e. The molecule has 0 aliphatic carbocycles. The van der Waals surface area contributed by atoms with E-state index in [1.807, 2.05) is 4.90 Å². The predicted molar refractivity (Wildman–Crippen MR) is 78.0 cm³/mol. The van der Waals surface area contributed by atoms with Crippen molar-refractivity contribution in [1.82, 2.24) is 10.2 Å². The lowest BCUT2D eigenvalue weighted by molar-refractivity contribution is -0.120. The molecule has 0 spiro atoms. The number of amides is 1. The summed E-state index contributed by atoms with van der Waals surface area (Å²) in [7, 11) is 0. The van der Waals surface area contributed by atoms with Crippen LogP contribution in [0.1, 0.15) is 36.0 Å². The highest BCUT2D eigenvalue weighted by Crippen LogP contribution is 2.17. The summed E-state index contributed by atoms with van der Waals surface area (Å²) >= 11 is 0. The number of aryl methyl sites for hydroxylation is 2. The Morgan fingerprint density at radius 1 is 1.37 bits per heavy atom. The van der Waals surface area contributed by atoms with Gasteiger partial charge in [-0.1, -0.05) is 30.2 Å². The van der Waals surface area contributed by atoms with E-state index in [0.29, 0.717) is 6.04 Å². The van der Waals surface area contributed by atoms with Gasteiger partial charge in [-0.25, -0.2) is 0 Å². The Bertz CT molecular complexity index is 423. The van der Waals surface area contributed by atoms with Crippen molar-refractivity contribution in [1.29, 1.82) is 0 Å². The zero-order valence-electron chi connectivity index (χ0n) is 12.0. The lowest BCUT2D eigenvalue weighted by Crippen LogP contribution is -2.40. The van der Waals surface area contributed by atoms with Gasteiger partial charge in [0.05, 0.1) is 0 Å². The fourth-order valence-corrected chi connectivity index (χ4v) is 2.76. The van der Waals surface area contributed by atoms with Crippen LogP contribution in [0.5, 0.6) is 0 Å². The van der Waals surface area contributed by atoms with Gasteiger partial charge in [-0.3, -0.25) is 4.79 Å². The van der Waals surface area contributed by atoms with Crippen LogP contribution < -0.4 is 5.32 Å². The van der Waals surface area contributed by atoms with E-state index in [1.165, 1.54) is 29.5 Å². The molecule has 1 N–H and O–H groups in total. The van der Waals surface area contributed by atoms with Gasteiger partial charge in [0, 0.05) is 19.1 Å². The summed E-state index contributed by atoms with van der Waals surface area (Å²) < 4.78 is 0. The third-order valence-electron chi connectivity index (χ3n) is 3.98. The second-order valence-electron chi connectivity index (χ2n) is 5.56. The highest BCUT2D eigenvalue weighted by atomic mass is 16.1. The SMILES string of the molecule is Cc1ccc(CN(C=O)C2CCCCNC2)c(C)c1. The molecule has 1 heterocycles. The summed E-state index contributed by atoms with van der Waals surface area (Å²) in [5.41, 5.74) is 3.80. The number of benzene rings is 1. The van der Waals surface area contributed by atoms with Gasteiger partial charge in [-0.2, -0.15) is 0 Å². The van der Waals surface area contributed by atoms with Crippen LogP contribution in [0, 0.1) is 13.8 Å². The molecule has 0 aromatic heterocycles. The van der Waals surface area contributed by atoms with Crippen molar-refractivity contribution in [2.75, 3.05) is 13.1 Å². The molecule has 2 rings (SSSR count). The average Bonchev–Trinajstić information content (AvgIpc) is 2.67. The van der Waals surface area contributed by atoms with Gasteiger partial charge < -0.3 is 10.2 Å². The van der Waals surface area contributed by atoms with Crippen molar-refractivity contribution in [3.8, 4) is 0 Å². The Hall–Kier alpha value is -1.35. The molecule has 0 bridgehead atoms. The first-order chi connectivity index (χ1) is 9.20. The molecule has 0 saturated carbocycles. The standard InChI is InChI=1S/C16H24N2O/c1-13-6-7-15(14(2)9-13)11-18(12-19)16-5-3-4-8-17-10-16/h6-7,9,12,16-17H,3-5,8,10-11H2,1-2H3. The van der Waals surface area contributed by atoms with Crippen molar-refractivity contribution < 1.29 is 4.79 Å². The summed E-state index contributed by atoms with van der Waals surface area (Å²) in [6, 6.07) is 6.78. The number of hydrogen-bond donors (Lipinski definition) is 1. The molecule has 1 fully saturated rings. The minimum atomic E-state index is 0.334. The maximum Gasteiger partial charge on any atom is 0.210 e. The summed E-state index contributed by atoms with van der Waals surface area (Å²) in [5, 5.41) is 3.42. The Balaban J connectivity index is 2.07. The molecule has 19 heavy (non-hydrogen) atoms. The van der Waals surface area contributed by atoms with E-state index in [0.717, 1.165) is 32.5 Å². The fourth-order valence-electron chi connectivity index (χ4n) is 2.76. The average molecular weight is 260 g/mol. The summed E-state index contributed by atoms with van der Waals surface area (Å²) in [6.07, 6.45) is 4.54. The highest BCUT2D eigenvalue weighted by Gasteiger charge is 2.19. The van der Waals surface area contributed by atoms with E-state index in [2.05, 4.69) is 37.4 Å². The van der Waals surface area contributed by atoms with Gasteiger partial charge in [0.1, 0.15) is 0 Å². The lowest BCUT2D eigenvalue weighted by atomic mass is 10.0. The van der Waals surface area contributed by atoms with Crippen LogP contribution in [0.4, 0.5) is 0 Å². The lowest BCUT2D eigenvalue weighted by Gasteiger charge is -2.28. The van der Waals surface area contributed by atoms with E-state index < -0.39 is 0 Å². The van der Waals surface area contributed by atoms with Crippen molar-refractivity contribution in [3.63, 3.8) is 0 Å². The zero-order chi connectivity index (χ0) is 13.7. The van der Waals surface area contributed by atoms with Crippen LogP contribution in [0.3, 0.4) is 0 Å². The molecule has 1 unspecified atom stereocenters. The van der Waals surface area contributed by atoms with Gasteiger partial charge >= 0.3 is 0 Å². The first-order valence-corrected chi connectivity index (χ1v) is 7.18. The van der Waals surface area contributed by atoms with Crippen LogP contribution in [0.25, 0.3) is 0 Å². The van der Waals surface area contributed by atoms with Crippen molar-refractivity contribution >= 4 is 6.41 Å². The molecule has 1 aliphatic rings. The molecular formula is C16H24N2O.